The Hall–Kier alpha value is -3.08. The maximum Gasteiger partial charge on any atom is 0.318 e. The molecule has 1 spiro atoms. The number of rotatable bonds is 20. The minimum absolute atomic E-state index is 0.0520. The van der Waals surface area contributed by atoms with E-state index in [1.54, 1.807) is 0 Å². The molecule has 0 aromatic carbocycles. The molecular formula is C46H70O11. The van der Waals surface area contributed by atoms with Crippen molar-refractivity contribution >= 4 is 35.8 Å². The highest BCUT2D eigenvalue weighted by Gasteiger charge is 2.71. The second kappa shape index (κ2) is 18.9. The molecule has 11 nitrogen and oxygen atoms in total. The molecule has 0 bridgehead atoms. The Balaban J connectivity index is 1.50. The lowest BCUT2D eigenvalue weighted by atomic mass is 9.40. The summed E-state index contributed by atoms with van der Waals surface area (Å²) in [6.45, 7) is 12.6. The van der Waals surface area contributed by atoms with Gasteiger partial charge in [-0.1, -0.05) is 91.7 Å². The lowest BCUT2D eigenvalue weighted by Crippen LogP contribution is -2.65. The van der Waals surface area contributed by atoms with Crippen LogP contribution in [0.2, 0.25) is 0 Å². The van der Waals surface area contributed by atoms with Gasteiger partial charge in [-0.25, -0.2) is 0 Å². The Morgan fingerprint density at radius 1 is 0.895 bits per heavy atom. The van der Waals surface area contributed by atoms with E-state index in [2.05, 4.69) is 46.8 Å². The van der Waals surface area contributed by atoms with Gasteiger partial charge in [-0.2, -0.15) is 0 Å². The van der Waals surface area contributed by atoms with Gasteiger partial charge in [0.2, 0.25) is 0 Å². The second-order valence-corrected chi connectivity index (χ2v) is 19.4. The number of allylic oxidation sites excluding steroid dienone is 2. The molecule has 0 aromatic rings. The van der Waals surface area contributed by atoms with E-state index in [0.29, 0.717) is 44.9 Å². The van der Waals surface area contributed by atoms with Crippen LogP contribution in [0, 0.1) is 63.6 Å². The highest BCUT2D eigenvalue weighted by molar-refractivity contribution is 5.97. The van der Waals surface area contributed by atoms with Crippen LogP contribution in [-0.4, -0.2) is 58.2 Å². The maximum absolute atomic E-state index is 14.0. The number of hydrogen-bond acceptors (Lipinski definition) is 9. The molecule has 12 atom stereocenters. The minimum atomic E-state index is -0.884. The molecular weight excluding hydrogens is 728 g/mol. The van der Waals surface area contributed by atoms with Crippen LogP contribution in [0.25, 0.3) is 0 Å². The molecule has 320 valence electrons. The number of fused-ring (bicyclic) bond motifs is 3. The van der Waals surface area contributed by atoms with Crippen LogP contribution in [-0.2, 0) is 43.0 Å². The smallest absolute Gasteiger partial charge is 0.318 e. The van der Waals surface area contributed by atoms with E-state index in [9.17, 15) is 33.9 Å². The highest BCUT2D eigenvalue weighted by atomic mass is 16.6. The number of carboxylic acid groups (broad SMARTS) is 2. The molecule has 3 aliphatic carbocycles. The molecule has 5 aliphatic rings. The summed E-state index contributed by atoms with van der Waals surface area (Å²) in [5.41, 5.74) is -2.02. The average molecular weight is 799 g/mol. The summed E-state index contributed by atoms with van der Waals surface area (Å²) < 4.78 is 18.1. The quantitative estimate of drug-likeness (QED) is 0.0521. The zero-order valence-electron chi connectivity index (χ0n) is 35.4. The van der Waals surface area contributed by atoms with Gasteiger partial charge in [0.15, 0.2) is 0 Å². The summed E-state index contributed by atoms with van der Waals surface area (Å²) in [5.74, 6) is -5.76. The van der Waals surface area contributed by atoms with Gasteiger partial charge in [0.1, 0.15) is 0 Å². The third-order valence-corrected chi connectivity index (χ3v) is 15.3. The van der Waals surface area contributed by atoms with Gasteiger partial charge in [-0.05, 0) is 106 Å². The number of carbonyl (C=O) groups excluding carboxylic acids is 4. The Kier molecular flexibility index (Phi) is 14.9. The van der Waals surface area contributed by atoms with Crippen molar-refractivity contribution in [2.45, 2.75) is 176 Å². The van der Waals surface area contributed by atoms with Gasteiger partial charge in [0.05, 0.1) is 41.8 Å². The molecule has 0 amide bonds. The fourth-order valence-corrected chi connectivity index (χ4v) is 12.6. The van der Waals surface area contributed by atoms with Crippen molar-refractivity contribution in [3.8, 4) is 0 Å². The van der Waals surface area contributed by atoms with Gasteiger partial charge in [0, 0.05) is 11.8 Å². The first-order chi connectivity index (χ1) is 27.0. The monoisotopic (exact) mass is 798 g/mol. The third-order valence-electron chi connectivity index (χ3n) is 15.3. The SMILES string of the molecule is CCCC/C=C/C(CCC(CCCCCCCC(=O)O)OC1C(C(C)C)C(C)C2C(=O)OC(=O)C2C12CCC1C(C)(CCCC1(C)C(=O)O)C2)C1CC(=O)OC1=O. The van der Waals surface area contributed by atoms with Gasteiger partial charge < -0.3 is 24.4 Å². The van der Waals surface area contributed by atoms with E-state index in [1.165, 1.54) is 0 Å². The normalized spacial score (nSPS) is 36.3. The molecule has 0 aromatic heterocycles. The van der Waals surface area contributed by atoms with E-state index in [4.69, 9.17) is 19.3 Å². The molecule has 2 aliphatic heterocycles. The molecule has 12 unspecified atom stereocenters. The van der Waals surface area contributed by atoms with Crippen LogP contribution in [0.4, 0.5) is 0 Å². The number of unbranched alkanes of at least 4 members (excludes halogenated alkanes) is 6. The molecule has 2 saturated heterocycles. The van der Waals surface area contributed by atoms with E-state index < -0.39 is 70.5 Å². The average Bonchev–Trinajstić information content (AvgIpc) is 3.64. The first-order valence-corrected chi connectivity index (χ1v) is 22.3. The number of ether oxygens (including phenoxy) is 3. The number of aliphatic carboxylic acids is 2. The Labute approximate surface area is 339 Å². The first kappa shape index (κ1) is 45.0. The Bertz CT molecular complexity index is 1520. The number of esters is 4. The molecule has 11 heteroatoms. The minimum Gasteiger partial charge on any atom is -0.481 e. The summed E-state index contributed by atoms with van der Waals surface area (Å²) in [6, 6.07) is 0. The summed E-state index contributed by atoms with van der Waals surface area (Å²) >= 11 is 0. The zero-order valence-corrected chi connectivity index (χ0v) is 35.4. The van der Waals surface area contributed by atoms with Gasteiger partial charge in [-0.15, -0.1) is 0 Å². The topological polar surface area (TPSA) is 171 Å². The number of hydrogen-bond donors (Lipinski definition) is 2. The standard InChI is InChI=1S/C46H70O11/c1-7-8-9-13-17-30(32-26-35(49)56-40(32)50)20-21-31(18-14-11-10-12-15-19-34(47)48)55-39-36(28(2)3)29(4)37-38(42(52)57-41(37)51)46(39)25-22-33-44(5,27-46)23-16-24-45(33,6)43(53)54/h13,17,28-33,36-39H,7-12,14-16,18-27H2,1-6H3,(H,47,48)(H,53,54)/b17-13+. The van der Waals surface area contributed by atoms with E-state index >= 15 is 0 Å². The summed E-state index contributed by atoms with van der Waals surface area (Å²) in [7, 11) is 0. The highest BCUT2D eigenvalue weighted by Crippen LogP contribution is 2.69. The number of cyclic esters (lactones) is 4. The van der Waals surface area contributed by atoms with E-state index in [-0.39, 0.29) is 54.0 Å². The van der Waals surface area contributed by atoms with Gasteiger partial charge in [-0.3, -0.25) is 28.8 Å². The third kappa shape index (κ3) is 9.54. The lowest BCUT2D eigenvalue weighted by Gasteiger charge is -2.64. The molecule has 5 rings (SSSR count). The Morgan fingerprint density at radius 3 is 2.26 bits per heavy atom. The van der Waals surface area contributed by atoms with Gasteiger partial charge in [0.25, 0.3) is 0 Å². The summed E-state index contributed by atoms with van der Waals surface area (Å²) in [4.78, 5) is 76.8. The summed E-state index contributed by atoms with van der Waals surface area (Å²) in [5, 5.41) is 19.6. The Morgan fingerprint density at radius 2 is 1.61 bits per heavy atom. The van der Waals surface area contributed by atoms with Crippen molar-refractivity contribution < 1.29 is 53.2 Å². The van der Waals surface area contributed by atoms with Gasteiger partial charge >= 0.3 is 35.8 Å². The van der Waals surface area contributed by atoms with Crippen LogP contribution >= 0.6 is 0 Å². The predicted molar refractivity (Wildman–Crippen MR) is 212 cm³/mol. The zero-order chi connectivity index (χ0) is 41.7. The van der Waals surface area contributed by atoms with Crippen molar-refractivity contribution in [2.75, 3.05) is 0 Å². The largest absolute Gasteiger partial charge is 0.481 e. The maximum atomic E-state index is 14.0. The van der Waals surface area contributed by atoms with Crippen LogP contribution in [0.15, 0.2) is 12.2 Å². The van der Waals surface area contributed by atoms with E-state index in [0.717, 1.165) is 64.2 Å². The van der Waals surface area contributed by atoms with Crippen LogP contribution in [0.5, 0.6) is 0 Å². The van der Waals surface area contributed by atoms with Crippen LogP contribution in [0.3, 0.4) is 0 Å². The first-order valence-electron chi connectivity index (χ1n) is 22.3. The van der Waals surface area contributed by atoms with Crippen molar-refractivity contribution in [3.05, 3.63) is 12.2 Å². The van der Waals surface area contributed by atoms with Crippen LogP contribution in [0.1, 0.15) is 164 Å². The van der Waals surface area contributed by atoms with Crippen molar-refractivity contribution in [2.24, 2.45) is 63.6 Å². The number of carboxylic acids is 2. The fourth-order valence-electron chi connectivity index (χ4n) is 12.6. The number of carbonyl (C=O) groups is 6. The molecule has 2 heterocycles. The van der Waals surface area contributed by atoms with Crippen molar-refractivity contribution in [1.82, 2.24) is 0 Å². The second-order valence-electron chi connectivity index (χ2n) is 19.4. The van der Waals surface area contributed by atoms with E-state index in [1.807, 2.05) is 6.92 Å². The van der Waals surface area contributed by atoms with Crippen LogP contribution < -0.4 is 0 Å². The molecule has 2 N–H and O–H groups in total. The van der Waals surface area contributed by atoms with Crippen molar-refractivity contribution in [3.63, 3.8) is 0 Å². The molecule has 3 saturated carbocycles. The molecule has 0 radical (unpaired) electrons. The molecule has 57 heavy (non-hydrogen) atoms. The summed E-state index contributed by atoms with van der Waals surface area (Å²) in [6.07, 6.45) is 16.7. The predicted octanol–water partition coefficient (Wildman–Crippen LogP) is 9.09. The fraction of sp³-hybridized carbons (Fsp3) is 0.826. The lowest BCUT2D eigenvalue weighted by molar-refractivity contribution is -0.232. The molecule has 5 fully saturated rings. The van der Waals surface area contributed by atoms with Crippen molar-refractivity contribution in [1.29, 1.82) is 0 Å².